The second-order valence-corrected chi connectivity index (χ2v) is 11.4. The van der Waals surface area contributed by atoms with E-state index in [4.69, 9.17) is 4.74 Å². The van der Waals surface area contributed by atoms with Gasteiger partial charge < -0.3 is 14.6 Å². The number of aliphatic hydroxyl groups is 1. The third-order valence-electron chi connectivity index (χ3n) is 9.56. The van der Waals surface area contributed by atoms with Crippen molar-refractivity contribution >= 4 is 11.9 Å². The van der Waals surface area contributed by atoms with E-state index in [9.17, 15) is 41.0 Å². The predicted molar refractivity (Wildman–Crippen MR) is 119 cm³/mol. The van der Waals surface area contributed by atoms with Crippen molar-refractivity contribution in [2.24, 2.45) is 34.5 Å². The molecule has 0 aromatic rings. The maximum absolute atomic E-state index is 13.2. The van der Waals surface area contributed by atoms with Crippen LogP contribution in [0.3, 0.4) is 0 Å². The SMILES string of the molecule is C[C@H](CO)C1=CC[C@H]2[C@@H]3CC=C4CC[C@@H](OC(=O)C(F)(F)F)[C@H](OC(=O)C(F)(F)F)[C@]4(C)[C@H]3CC[C@]12C. The third-order valence-corrected chi connectivity index (χ3v) is 9.56. The Kier molecular flexibility index (Phi) is 7.04. The molecule has 208 valence electrons. The quantitative estimate of drug-likeness (QED) is 0.284. The van der Waals surface area contributed by atoms with Gasteiger partial charge >= 0.3 is 24.3 Å². The van der Waals surface area contributed by atoms with Gasteiger partial charge in [0.25, 0.3) is 0 Å². The Labute approximate surface area is 211 Å². The first kappa shape index (κ1) is 28.0. The van der Waals surface area contributed by atoms with Crippen molar-refractivity contribution in [2.75, 3.05) is 6.61 Å². The summed E-state index contributed by atoms with van der Waals surface area (Å²) in [6.07, 6.45) is -7.40. The van der Waals surface area contributed by atoms with Gasteiger partial charge in [-0.05, 0) is 61.7 Å². The maximum Gasteiger partial charge on any atom is 0.490 e. The largest absolute Gasteiger partial charge is 0.490 e. The van der Waals surface area contributed by atoms with E-state index < -0.39 is 41.9 Å². The van der Waals surface area contributed by atoms with Crippen molar-refractivity contribution in [3.05, 3.63) is 23.3 Å². The highest BCUT2D eigenvalue weighted by Crippen LogP contribution is 2.66. The van der Waals surface area contributed by atoms with E-state index in [0.29, 0.717) is 19.3 Å². The number of fused-ring (bicyclic) bond motifs is 5. The Balaban J connectivity index is 1.71. The van der Waals surface area contributed by atoms with Crippen LogP contribution in [0.5, 0.6) is 0 Å². The van der Waals surface area contributed by atoms with Crippen molar-refractivity contribution < 1.29 is 50.5 Å². The molecule has 0 aromatic heterocycles. The lowest BCUT2D eigenvalue weighted by molar-refractivity contribution is -0.236. The third kappa shape index (κ3) is 4.59. The minimum Gasteiger partial charge on any atom is -0.452 e. The zero-order chi connectivity index (χ0) is 27.6. The number of hydrogen-bond acceptors (Lipinski definition) is 5. The fraction of sp³-hybridized carbons (Fsp3) is 0.769. The van der Waals surface area contributed by atoms with Gasteiger partial charge in [0.1, 0.15) is 12.2 Å². The van der Waals surface area contributed by atoms with E-state index in [1.54, 1.807) is 6.92 Å². The molecule has 2 saturated carbocycles. The summed E-state index contributed by atoms with van der Waals surface area (Å²) in [6.45, 7) is 5.71. The highest BCUT2D eigenvalue weighted by atomic mass is 19.4. The van der Waals surface area contributed by atoms with Crippen LogP contribution in [0.4, 0.5) is 26.3 Å². The number of carbonyl (C=O) groups excluding carboxylic acids is 2. The minimum absolute atomic E-state index is 0.00821. The van der Waals surface area contributed by atoms with Gasteiger partial charge in [-0.3, -0.25) is 0 Å². The van der Waals surface area contributed by atoms with Gasteiger partial charge in [-0.2, -0.15) is 26.3 Å². The van der Waals surface area contributed by atoms with Gasteiger partial charge in [-0.25, -0.2) is 9.59 Å². The van der Waals surface area contributed by atoms with Crippen molar-refractivity contribution in [1.82, 2.24) is 0 Å². The van der Waals surface area contributed by atoms with Crippen LogP contribution in [0.25, 0.3) is 0 Å². The number of carbonyl (C=O) groups is 2. The zero-order valence-corrected chi connectivity index (χ0v) is 20.9. The number of esters is 2. The average molecular weight is 539 g/mol. The second-order valence-electron chi connectivity index (χ2n) is 11.4. The molecular formula is C26H32F6O5. The molecule has 0 radical (unpaired) electrons. The molecule has 11 heteroatoms. The second kappa shape index (κ2) is 9.31. The maximum atomic E-state index is 13.2. The summed E-state index contributed by atoms with van der Waals surface area (Å²) >= 11 is 0. The Bertz CT molecular complexity index is 1000. The van der Waals surface area contributed by atoms with Crippen LogP contribution >= 0.6 is 0 Å². The summed E-state index contributed by atoms with van der Waals surface area (Å²) in [5, 5.41) is 9.76. The van der Waals surface area contributed by atoms with E-state index in [0.717, 1.165) is 17.6 Å². The van der Waals surface area contributed by atoms with Crippen LogP contribution in [0, 0.1) is 34.5 Å². The molecule has 4 aliphatic carbocycles. The van der Waals surface area contributed by atoms with Gasteiger partial charge in [0.05, 0.1) is 0 Å². The van der Waals surface area contributed by atoms with Crippen LogP contribution in [-0.2, 0) is 19.1 Å². The number of hydrogen-bond donors (Lipinski definition) is 1. The summed E-state index contributed by atoms with van der Waals surface area (Å²) in [5.74, 6) is -5.29. The topological polar surface area (TPSA) is 72.8 Å². The van der Waals surface area contributed by atoms with Crippen LogP contribution in [0.2, 0.25) is 0 Å². The van der Waals surface area contributed by atoms with E-state index in [1.165, 1.54) is 0 Å². The summed E-state index contributed by atoms with van der Waals surface area (Å²) in [6, 6.07) is 0. The summed E-state index contributed by atoms with van der Waals surface area (Å²) in [5.41, 5.74) is 0.427. The monoisotopic (exact) mass is 538 g/mol. The van der Waals surface area contributed by atoms with Crippen molar-refractivity contribution in [2.45, 2.75) is 83.9 Å². The van der Waals surface area contributed by atoms with E-state index in [-0.39, 0.29) is 48.5 Å². The van der Waals surface area contributed by atoms with Gasteiger partial charge in [0.2, 0.25) is 0 Å². The van der Waals surface area contributed by atoms with Gasteiger partial charge in [0, 0.05) is 17.9 Å². The van der Waals surface area contributed by atoms with Crippen LogP contribution < -0.4 is 0 Å². The molecule has 0 heterocycles. The molecule has 1 N–H and O–H groups in total. The van der Waals surface area contributed by atoms with Gasteiger partial charge in [-0.1, -0.05) is 44.1 Å². The minimum atomic E-state index is -5.36. The molecule has 0 unspecified atom stereocenters. The fourth-order valence-electron chi connectivity index (χ4n) is 7.87. The Morgan fingerprint density at radius 2 is 1.62 bits per heavy atom. The fourth-order valence-corrected chi connectivity index (χ4v) is 7.87. The van der Waals surface area contributed by atoms with Gasteiger partial charge in [0.15, 0.2) is 0 Å². The lowest BCUT2D eigenvalue weighted by Gasteiger charge is -2.60. The lowest BCUT2D eigenvalue weighted by atomic mass is 9.46. The summed E-state index contributed by atoms with van der Waals surface area (Å²) in [4.78, 5) is 23.6. The highest BCUT2D eigenvalue weighted by Gasteiger charge is 2.63. The van der Waals surface area contributed by atoms with E-state index in [1.807, 2.05) is 13.0 Å². The Morgan fingerprint density at radius 1 is 1.00 bits per heavy atom. The molecule has 0 spiro atoms. The number of aliphatic hydroxyl groups excluding tert-OH is 1. The number of alkyl halides is 6. The molecule has 4 aliphatic rings. The zero-order valence-electron chi connectivity index (χ0n) is 20.9. The van der Waals surface area contributed by atoms with Crippen LogP contribution in [0.15, 0.2) is 23.3 Å². The Morgan fingerprint density at radius 3 is 2.22 bits per heavy atom. The lowest BCUT2D eigenvalue weighted by Crippen LogP contribution is -2.60. The van der Waals surface area contributed by atoms with Crippen molar-refractivity contribution in [3.8, 4) is 0 Å². The standard InChI is InChI=1S/C26H32F6O5/c1-13(12-33)16-7-8-17-15-6-4-14-5-9-19(36-21(34)25(27,28)29)20(37-22(35)26(30,31)32)24(14,3)18(15)10-11-23(16,17)2/h4,7,13,15,17-20,33H,5-6,8-12H2,1-3H3/t13-,15+,17+,18+,19-,20+,23-,24+/m1/s1. The smallest absolute Gasteiger partial charge is 0.452 e. The predicted octanol–water partition coefficient (Wildman–Crippen LogP) is 5.67. The molecule has 4 rings (SSSR count). The molecule has 2 fully saturated rings. The number of rotatable bonds is 4. The average Bonchev–Trinajstić information content (AvgIpc) is 3.16. The van der Waals surface area contributed by atoms with Gasteiger partial charge in [-0.15, -0.1) is 0 Å². The molecule has 0 aromatic carbocycles. The molecule has 37 heavy (non-hydrogen) atoms. The van der Waals surface area contributed by atoms with E-state index in [2.05, 4.69) is 17.7 Å². The van der Waals surface area contributed by atoms with Crippen molar-refractivity contribution in [3.63, 3.8) is 0 Å². The Hall–Kier alpha value is -2.04. The molecule has 0 aliphatic heterocycles. The molecular weight excluding hydrogens is 506 g/mol. The molecule has 0 amide bonds. The highest BCUT2D eigenvalue weighted by molar-refractivity contribution is 5.77. The molecule has 5 nitrogen and oxygen atoms in total. The van der Waals surface area contributed by atoms with E-state index >= 15 is 0 Å². The summed E-state index contributed by atoms with van der Waals surface area (Å²) < 4.78 is 88.3. The number of ether oxygens (including phenoxy) is 2. The number of allylic oxidation sites excluding steroid dienone is 2. The number of halogens is 6. The molecule has 0 bridgehead atoms. The molecule has 0 saturated heterocycles. The first-order chi connectivity index (χ1) is 17.0. The van der Waals surface area contributed by atoms with Crippen LogP contribution in [-0.4, -0.2) is 48.2 Å². The van der Waals surface area contributed by atoms with Crippen molar-refractivity contribution in [1.29, 1.82) is 0 Å². The normalized spacial score (nSPS) is 38.4. The first-order valence-corrected chi connectivity index (χ1v) is 12.6. The van der Waals surface area contributed by atoms with Crippen LogP contribution in [0.1, 0.15) is 59.3 Å². The first-order valence-electron chi connectivity index (χ1n) is 12.6. The summed E-state index contributed by atoms with van der Waals surface area (Å²) in [7, 11) is 0. The molecule has 8 atom stereocenters.